The highest BCUT2D eigenvalue weighted by Crippen LogP contribution is 2.28. The largest absolute Gasteiger partial charge is 0.492 e. The topological polar surface area (TPSA) is 84.9 Å². The molecule has 31 heavy (non-hydrogen) atoms. The van der Waals surface area contributed by atoms with Crippen LogP contribution in [0.5, 0.6) is 11.5 Å². The van der Waals surface area contributed by atoms with Gasteiger partial charge in [0.1, 0.15) is 18.1 Å². The van der Waals surface area contributed by atoms with Gasteiger partial charge in [0.2, 0.25) is 10.0 Å². The summed E-state index contributed by atoms with van der Waals surface area (Å²) in [5.74, 6) is 1.31. The van der Waals surface area contributed by atoms with E-state index in [1.54, 1.807) is 19.1 Å². The van der Waals surface area contributed by atoms with Gasteiger partial charge in [-0.05, 0) is 61.2 Å². The molecule has 0 heterocycles. The second-order valence-corrected chi connectivity index (χ2v) is 10.0. The van der Waals surface area contributed by atoms with E-state index >= 15 is 0 Å². The summed E-state index contributed by atoms with van der Waals surface area (Å²) in [4.78, 5) is 12.6. The lowest BCUT2D eigenvalue weighted by atomic mass is 10.0. The second-order valence-electron chi connectivity index (χ2n) is 7.85. The zero-order valence-electron chi connectivity index (χ0n) is 19.0. The zero-order chi connectivity index (χ0) is 23.2. The second kappa shape index (κ2) is 10.6. The van der Waals surface area contributed by atoms with Gasteiger partial charge in [-0.3, -0.25) is 4.79 Å². The van der Waals surface area contributed by atoms with Crippen molar-refractivity contribution in [3.05, 3.63) is 53.6 Å². The predicted molar refractivity (Wildman–Crippen MR) is 121 cm³/mol. The number of aryl methyl sites for hydroxylation is 1. The van der Waals surface area contributed by atoms with E-state index in [9.17, 15) is 13.2 Å². The summed E-state index contributed by atoms with van der Waals surface area (Å²) < 4.78 is 36.8. The molecule has 170 valence electrons. The number of nitrogens with one attached hydrogen (secondary N) is 1. The van der Waals surface area contributed by atoms with Crippen LogP contribution in [0.1, 0.15) is 37.8 Å². The summed E-state index contributed by atoms with van der Waals surface area (Å²) in [6.45, 7) is 8.42. The first-order chi connectivity index (χ1) is 14.5. The Hall–Kier alpha value is -2.58. The van der Waals surface area contributed by atoms with Crippen molar-refractivity contribution < 1.29 is 22.7 Å². The van der Waals surface area contributed by atoms with Crippen molar-refractivity contribution in [2.24, 2.45) is 0 Å². The molecule has 2 aromatic rings. The number of carbonyl (C=O) groups is 1. The zero-order valence-corrected chi connectivity index (χ0v) is 19.8. The third-order valence-corrected chi connectivity index (χ3v) is 6.57. The van der Waals surface area contributed by atoms with E-state index in [1.165, 1.54) is 26.2 Å². The quantitative estimate of drug-likeness (QED) is 0.564. The molecule has 2 aromatic carbocycles. The first-order valence-electron chi connectivity index (χ1n) is 10.2. The van der Waals surface area contributed by atoms with Crippen molar-refractivity contribution in [2.75, 3.05) is 27.2 Å². The standard InChI is InChI=1S/C23H32N2O5S/c1-16(2)21-12-7-17(3)15-22(21)30-18(4)23(26)24-13-14-29-19-8-10-20(11-9-19)31(27,28)25(5)6/h7-12,15-16,18H,13-14H2,1-6H3,(H,24,26). The highest BCUT2D eigenvalue weighted by atomic mass is 32.2. The van der Waals surface area contributed by atoms with Crippen molar-refractivity contribution in [1.82, 2.24) is 9.62 Å². The Balaban J connectivity index is 1.84. The van der Waals surface area contributed by atoms with Crippen LogP contribution in [0.15, 0.2) is 47.4 Å². The van der Waals surface area contributed by atoms with Crippen molar-refractivity contribution in [3.8, 4) is 11.5 Å². The van der Waals surface area contributed by atoms with Gasteiger partial charge in [-0.1, -0.05) is 26.0 Å². The average molecular weight is 449 g/mol. The summed E-state index contributed by atoms with van der Waals surface area (Å²) in [7, 11) is -0.506. The van der Waals surface area contributed by atoms with Crippen molar-refractivity contribution >= 4 is 15.9 Å². The van der Waals surface area contributed by atoms with Gasteiger partial charge in [-0.25, -0.2) is 12.7 Å². The highest BCUT2D eigenvalue weighted by Gasteiger charge is 2.18. The summed E-state index contributed by atoms with van der Waals surface area (Å²) in [6, 6.07) is 12.2. The maximum Gasteiger partial charge on any atom is 0.260 e. The van der Waals surface area contributed by atoms with Gasteiger partial charge < -0.3 is 14.8 Å². The lowest BCUT2D eigenvalue weighted by molar-refractivity contribution is -0.127. The minimum Gasteiger partial charge on any atom is -0.492 e. The molecule has 0 aromatic heterocycles. The van der Waals surface area contributed by atoms with Gasteiger partial charge in [-0.15, -0.1) is 0 Å². The first kappa shape index (κ1) is 24.7. The van der Waals surface area contributed by atoms with Gasteiger partial charge in [-0.2, -0.15) is 0 Å². The molecule has 0 aliphatic carbocycles. The lowest BCUT2D eigenvalue weighted by Gasteiger charge is -2.19. The van der Waals surface area contributed by atoms with Gasteiger partial charge in [0.25, 0.3) is 5.91 Å². The average Bonchev–Trinajstić information content (AvgIpc) is 2.71. The smallest absolute Gasteiger partial charge is 0.260 e. The molecule has 1 unspecified atom stereocenters. The fourth-order valence-electron chi connectivity index (χ4n) is 2.87. The molecule has 0 saturated carbocycles. The molecule has 0 bridgehead atoms. The van der Waals surface area contributed by atoms with E-state index in [0.717, 1.165) is 21.2 Å². The number of rotatable bonds is 10. The lowest BCUT2D eigenvalue weighted by Crippen LogP contribution is -2.38. The van der Waals surface area contributed by atoms with E-state index in [-0.39, 0.29) is 17.4 Å². The molecule has 1 atom stereocenters. The number of nitrogens with zero attached hydrogens (tertiary/aromatic N) is 1. The molecule has 0 aliphatic rings. The molecule has 0 spiro atoms. The van der Waals surface area contributed by atoms with Crippen LogP contribution in [-0.2, 0) is 14.8 Å². The van der Waals surface area contributed by atoms with Crippen molar-refractivity contribution in [2.45, 2.75) is 44.6 Å². The molecule has 0 fully saturated rings. The monoisotopic (exact) mass is 448 g/mol. The molecule has 2 rings (SSSR count). The van der Waals surface area contributed by atoms with E-state index in [0.29, 0.717) is 18.2 Å². The van der Waals surface area contributed by atoms with Crippen LogP contribution < -0.4 is 14.8 Å². The van der Waals surface area contributed by atoms with E-state index in [4.69, 9.17) is 9.47 Å². The van der Waals surface area contributed by atoms with Gasteiger partial charge >= 0.3 is 0 Å². The number of amides is 1. The predicted octanol–water partition coefficient (Wildman–Crippen LogP) is 3.33. The fraction of sp³-hybridized carbons (Fsp3) is 0.435. The number of hydrogen-bond acceptors (Lipinski definition) is 5. The van der Waals surface area contributed by atoms with E-state index in [2.05, 4.69) is 19.2 Å². The molecule has 0 radical (unpaired) electrons. The molecular formula is C23H32N2O5S. The Morgan fingerprint density at radius 1 is 1.06 bits per heavy atom. The normalized spacial score (nSPS) is 12.6. The number of ether oxygens (including phenoxy) is 2. The number of carbonyl (C=O) groups excluding carboxylic acids is 1. The van der Waals surface area contributed by atoms with Crippen LogP contribution in [0.4, 0.5) is 0 Å². The molecule has 8 heteroatoms. The van der Waals surface area contributed by atoms with Crippen LogP contribution in [0.25, 0.3) is 0 Å². The molecule has 7 nitrogen and oxygen atoms in total. The fourth-order valence-corrected chi connectivity index (χ4v) is 3.77. The Labute approximate surface area is 185 Å². The molecule has 0 saturated heterocycles. The Kier molecular flexibility index (Phi) is 8.47. The van der Waals surface area contributed by atoms with Crippen LogP contribution in [0.2, 0.25) is 0 Å². The van der Waals surface area contributed by atoms with Crippen LogP contribution in [0.3, 0.4) is 0 Å². The molecule has 1 amide bonds. The van der Waals surface area contributed by atoms with E-state index in [1.807, 2.05) is 25.1 Å². The maximum atomic E-state index is 12.4. The molecule has 1 N–H and O–H groups in total. The Morgan fingerprint density at radius 3 is 2.29 bits per heavy atom. The summed E-state index contributed by atoms with van der Waals surface area (Å²) in [5.41, 5.74) is 2.14. The summed E-state index contributed by atoms with van der Waals surface area (Å²) in [6.07, 6.45) is -0.644. The molecular weight excluding hydrogens is 416 g/mol. The number of benzene rings is 2. The Bertz CT molecular complexity index is 986. The van der Waals surface area contributed by atoms with Crippen LogP contribution in [0, 0.1) is 6.92 Å². The van der Waals surface area contributed by atoms with E-state index < -0.39 is 16.1 Å². The number of sulfonamides is 1. The third kappa shape index (κ3) is 6.70. The third-order valence-electron chi connectivity index (χ3n) is 4.74. The summed E-state index contributed by atoms with van der Waals surface area (Å²) >= 11 is 0. The van der Waals surface area contributed by atoms with Crippen molar-refractivity contribution in [3.63, 3.8) is 0 Å². The minimum absolute atomic E-state index is 0.195. The number of hydrogen-bond donors (Lipinski definition) is 1. The SMILES string of the molecule is Cc1ccc(C(C)C)c(OC(C)C(=O)NCCOc2ccc(S(=O)(=O)N(C)C)cc2)c1. The molecule has 0 aliphatic heterocycles. The van der Waals surface area contributed by atoms with Gasteiger partial charge in [0.15, 0.2) is 6.10 Å². The first-order valence-corrected chi connectivity index (χ1v) is 11.7. The Morgan fingerprint density at radius 2 is 1.71 bits per heavy atom. The van der Waals surface area contributed by atoms with Gasteiger partial charge in [0.05, 0.1) is 11.4 Å². The maximum absolute atomic E-state index is 12.4. The highest BCUT2D eigenvalue weighted by molar-refractivity contribution is 7.89. The van der Waals surface area contributed by atoms with Crippen LogP contribution >= 0.6 is 0 Å². The van der Waals surface area contributed by atoms with Crippen LogP contribution in [-0.4, -0.2) is 52.0 Å². The minimum atomic E-state index is -3.47. The van der Waals surface area contributed by atoms with Gasteiger partial charge in [0, 0.05) is 14.1 Å². The summed E-state index contributed by atoms with van der Waals surface area (Å²) in [5, 5.41) is 2.80. The van der Waals surface area contributed by atoms with Crippen molar-refractivity contribution in [1.29, 1.82) is 0 Å².